The summed E-state index contributed by atoms with van der Waals surface area (Å²) in [5.41, 5.74) is 3.44. The van der Waals surface area contributed by atoms with E-state index >= 15 is 0 Å². The standard InChI is InChI=1S/C15H14N4OS/c1-9-3-4-16-14(5-9)19-15-18-12(8-21-15)11-6-10(2)13(20)7-17-11/h3-8,20H,1-2H3,(H,16,18,19). The normalized spacial score (nSPS) is 10.6. The number of nitrogens with one attached hydrogen (secondary N) is 1. The Hall–Kier alpha value is -2.47. The van der Waals surface area contributed by atoms with Crippen molar-refractivity contribution in [3.05, 3.63) is 47.1 Å². The van der Waals surface area contributed by atoms with E-state index in [2.05, 4.69) is 20.3 Å². The number of anilines is 2. The number of hydrogen-bond donors (Lipinski definition) is 2. The van der Waals surface area contributed by atoms with Gasteiger partial charge in [-0.2, -0.15) is 0 Å². The highest BCUT2D eigenvalue weighted by molar-refractivity contribution is 7.14. The Kier molecular flexibility index (Phi) is 3.53. The Balaban J connectivity index is 1.84. The lowest BCUT2D eigenvalue weighted by atomic mass is 10.2. The summed E-state index contributed by atoms with van der Waals surface area (Å²) in [5, 5.41) is 15.4. The number of aromatic nitrogens is 3. The quantitative estimate of drug-likeness (QED) is 0.772. The van der Waals surface area contributed by atoms with E-state index in [-0.39, 0.29) is 5.75 Å². The first-order valence-corrected chi connectivity index (χ1v) is 7.31. The van der Waals surface area contributed by atoms with Crippen LogP contribution in [-0.2, 0) is 0 Å². The van der Waals surface area contributed by atoms with Crippen LogP contribution in [0.25, 0.3) is 11.4 Å². The maximum Gasteiger partial charge on any atom is 0.188 e. The molecule has 0 bridgehead atoms. The fourth-order valence-electron chi connectivity index (χ4n) is 1.85. The predicted molar refractivity (Wildman–Crippen MR) is 84.0 cm³/mol. The van der Waals surface area contributed by atoms with Gasteiger partial charge in [-0.1, -0.05) is 0 Å². The third-order valence-corrected chi connectivity index (χ3v) is 3.76. The molecule has 5 nitrogen and oxygen atoms in total. The molecule has 0 unspecified atom stereocenters. The Morgan fingerprint density at radius 2 is 2.00 bits per heavy atom. The highest BCUT2D eigenvalue weighted by Crippen LogP contribution is 2.27. The number of thiazole rings is 1. The van der Waals surface area contributed by atoms with E-state index in [9.17, 15) is 5.11 Å². The van der Waals surface area contributed by atoms with Crippen LogP contribution < -0.4 is 5.32 Å². The summed E-state index contributed by atoms with van der Waals surface area (Å²) in [6.07, 6.45) is 3.20. The molecule has 0 fully saturated rings. The molecule has 0 aliphatic carbocycles. The van der Waals surface area contributed by atoms with Crippen molar-refractivity contribution in [2.45, 2.75) is 13.8 Å². The molecule has 0 aliphatic rings. The second-order valence-corrected chi connectivity index (χ2v) is 5.60. The molecule has 3 heterocycles. The number of rotatable bonds is 3. The molecule has 3 rings (SSSR count). The third kappa shape index (κ3) is 3.00. The van der Waals surface area contributed by atoms with E-state index in [4.69, 9.17) is 0 Å². The average Bonchev–Trinajstić information content (AvgIpc) is 2.90. The molecule has 106 valence electrons. The van der Waals surface area contributed by atoms with Crippen molar-refractivity contribution in [1.29, 1.82) is 0 Å². The number of hydrogen-bond acceptors (Lipinski definition) is 6. The smallest absolute Gasteiger partial charge is 0.188 e. The monoisotopic (exact) mass is 298 g/mol. The zero-order valence-corrected chi connectivity index (χ0v) is 12.5. The first-order chi connectivity index (χ1) is 10.1. The van der Waals surface area contributed by atoms with Gasteiger partial charge in [-0.25, -0.2) is 9.97 Å². The van der Waals surface area contributed by atoms with Crippen LogP contribution in [0, 0.1) is 13.8 Å². The Morgan fingerprint density at radius 3 is 2.76 bits per heavy atom. The first-order valence-electron chi connectivity index (χ1n) is 6.43. The maximum atomic E-state index is 9.52. The minimum absolute atomic E-state index is 0.191. The topological polar surface area (TPSA) is 70.9 Å². The molecular weight excluding hydrogens is 284 g/mol. The van der Waals surface area contributed by atoms with Crippen LogP contribution in [0.15, 0.2) is 36.0 Å². The predicted octanol–water partition coefficient (Wildman–Crippen LogP) is 3.67. The van der Waals surface area contributed by atoms with E-state index < -0.39 is 0 Å². The van der Waals surface area contributed by atoms with E-state index in [0.717, 1.165) is 33.5 Å². The summed E-state index contributed by atoms with van der Waals surface area (Å²) in [5.74, 6) is 0.960. The van der Waals surface area contributed by atoms with E-state index in [1.165, 1.54) is 17.5 Å². The first kappa shape index (κ1) is 13.5. The van der Waals surface area contributed by atoms with Gasteiger partial charge in [0.15, 0.2) is 5.13 Å². The number of aromatic hydroxyl groups is 1. The minimum Gasteiger partial charge on any atom is -0.506 e. The molecule has 0 aromatic carbocycles. The van der Waals surface area contributed by atoms with Gasteiger partial charge >= 0.3 is 0 Å². The van der Waals surface area contributed by atoms with E-state index in [1.54, 1.807) is 6.20 Å². The summed E-state index contributed by atoms with van der Waals surface area (Å²) < 4.78 is 0. The van der Waals surface area contributed by atoms with Gasteiger partial charge in [-0.15, -0.1) is 11.3 Å². The summed E-state index contributed by atoms with van der Waals surface area (Å²) in [7, 11) is 0. The van der Waals surface area contributed by atoms with Crippen LogP contribution >= 0.6 is 11.3 Å². The van der Waals surface area contributed by atoms with Gasteiger partial charge in [0.05, 0.1) is 11.9 Å². The van der Waals surface area contributed by atoms with Crippen molar-refractivity contribution < 1.29 is 5.11 Å². The van der Waals surface area contributed by atoms with Gasteiger partial charge in [-0.3, -0.25) is 4.98 Å². The summed E-state index contributed by atoms with van der Waals surface area (Å²) in [4.78, 5) is 12.9. The summed E-state index contributed by atoms with van der Waals surface area (Å²) in [6, 6.07) is 5.73. The lowest BCUT2D eigenvalue weighted by Crippen LogP contribution is -1.93. The van der Waals surface area contributed by atoms with Gasteiger partial charge in [0.25, 0.3) is 0 Å². The molecule has 0 atom stereocenters. The van der Waals surface area contributed by atoms with Crippen molar-refractivity contribution in [3.63, 3.8) is 0 Å². The highest BCUT2D eigenvalue weighted by Gasteiger charge is 2.08. The largest absolute Gasteiger partial charge is 0.506 e. The zero-order valence-electron chi connectivity index (χ0n) is 11.7. The molecule has 0 radical (unpaired) electrons. The molecule has 21 heavy (non-hydrogen) atoms. The molecule has 3 aromatic heterocycles. The van der Waals surface area contributed by atoms with Crippen molar-refractivity contribution in [3.8, 4) is 17.1 Å². The molecule has 0 spiro atoms. The number of pyridine rings is 2. The SMILES string of the molecule is Cc1ccnc(Nc2nc(-c3cc(C)c(O)cn3)cs2)c1. The van der Waals surface area contributed by atoms with Gasteiger partial charge in [0.1, 0.15) is 17.3 Å². The van der Waals surface area contributed by atoms with Crippen molar-refractivity contribution in [2.24, 2.45) is 0 Å². The van der Waals surface area contributed by atoms with Gasteiger partial charge in [-0.05, 0) is 43.2 Å². The van der Waals surface area contributed by atoms with Crippen LogP contribution in [0.3, 0.4) is 0 Å². The van der Waals surface area contributed by atoms with Gasteiger partial charge in [0, 0.05) is 11.6 Å². The third-order valence-electron chi connectivity index (χ3n) is 3.00. The van der Waals surface area contributed by atoms with Gasteiger partial charge < -0.3 is 10.4 Å². The summed E-state index contributed by atoms with van der Waals surface area (Å²) in [6.45, 7) is 3.85. The molecule has 0 saturated carbocycles. The van der Waals surface area contributed by atoms with Crippen LogP contribution in [0.2, 0.25) is 0 Å². The molecule has 2 N–H and O–H groups in total. The van der Waals surface area contributed by atoms with Crippen molar-refractivity contribution in [2.75, 3.05) is 5.32 Å². The number of nitrogens with zero attached hydrogens (tertiary/aromatic N) is 3. The Bertz CT molecular complexity index is 785. The molecule has 3 aromatic rings. The Morgan fingerprint density at radius 1 is 1.14 bits per heavy atom. The molecular formula is C15H14N4OS. The maximum absolute atomic E-state index is 9.52. The lowest BCUT2D eigenvalue weighted by molar-refractivity contribution is 0.468. The highest BCUT2D eigenvalue weighted by atomic mass is 32.1. The van der Waals surface area contributed by atoms with Crippen LogP contribution in [0.1, 0.15) is 11.1 Å². The minimum atomic E-state index is 0.191. The van der Waals surface area contributed by atoms with Crippen LogP contribution in [0.4, 0.5) is 10.9 Å². The summed E-state index contributed by atoms with van der Waals surface area (Å²) >= 11 is 1.49. The molecule has 0 aliphatic heterocycles. The second-order valence-electron chi connectivity index (χ2n) is 4.74. The lowest BCUT2D eigenvalue weighted by Gasteiger charge is -2.02. The number of aryl methyl sites for hydroxylation is 2. The van der Waals surface area contributed by atoms with Crippen molar-refractivity contribution >= 4 is 22.3 Å². The van der Waals surface area contributed by atoms with Crippen LogP contribution in [0.5, 0.6) is 5.75 Å². The van der Waals surface area contributed by atoms with E-state index in [0.29, 0.717) is 0 Å². The molecule has 0 saturated heterocycles. The van der Waals surface area contributed by atoms with E-state index in [1.807, 2.05) is 37.4 Å². The second kappa shape index (κ2) is 5.49. The van der Waals surface area contributed by atoms with Gasteiger partial charge in [0.2, 0.25) is 0 Å². The molecule has 6 heteroatoms. The zero-order chi connectivity index (χ0) is 14.8. The molecule has 0 amide bonds. The fourth-order valence-corrected chi connectivity index (χ4v) is 2.56. The Labute approximate surface area is 126 Å². The average molecular weight is 298 g/mol. The van der Waals surface area contributed by atoms with Crippen molar-refractivity contribution in [1.82, 2.24) is 15.0 Å². The van der Waals surface area contributed by atoms with Crippen LogP contribution in [-0.4, -0.2) is 20.1 Å². The fraction of sp³-hybridized carbons (Fsp3) is 0.133.